The molecule has 150 valence electrons. The van der Waals surface area contributed by atoms with Crippen molar-refractivity contribution >= 4 is 28.8 Å². The Morgan fingerprint density at radius 3 is 2.79 bits per heavy atom. The lowest BCUT2D eigenvalue weighted by atomic mass is 10.2. The van der Waals surface area contributed by atoms with Crippen molar-refractivity contribution in [3.8, 4) is 17.6 Å². The van der Waals surface area contributed by atoms with Crippen LogP contribution < -0.4 is 10.1 Å². The Labute approximate surface area is 168 Å². The first-order chi connectivity index (χ1) is 13.9. The standard InChI is InChI=1S/C20H15F3N2O3S/c21-20(22,23)14-6-5-7-15(12-14)27-11-4-3-10-24-18(26)13-29-19-25-16-8-1-2-9-17(16)28-19/h1-2,5-9,12H,10-11,13H2,(H,24,26). The van der Waals surface area contributed by atoms with E-state index >= 15 is 0 Å². The maximum absolute atomic E-state index is 12.6. The van der Waals surface area contributed by atoms with Crippen molar-refractivity contribution in [1.82, 2.24) is 10.3 Å². The van der Waals surface area contributed by atoms with Crippen LogP contribution in [0, 0.1) is 11.8 Å². The maximum Gasteiger partial charge on any atom is 0.416 e. The number of aromatic nitrogens is 1. The van der Waals surface area contributed by atoms with Crippen LogP contribution in [0.2, 0.25) is 0 Å². The molecule has 0 unspecified atom stereocenters. The third kappa shape index (κ3) is 6.19. The minimum atomic E-state index is -4.43. The van der Waals surface area contributed by atoms with Crippen molar-refractivity contribution in [2.24, 2.45) is 0 Å². The third-order valence-corrected chi connectivity index (χ3v) is 4.40. The first kappa shape index (κ1) is 20.6. The van der Waals surface area contributed by atoms with Crippen molar-refractivity contribution < 1.29 is 27.1 Å². The molecule has 3 aromatic rings. The summed E-state index contributed by atoms with van der Waals surface area (Å²) in [5, 5.41) is 3.01. The number of alkyl halides is 3. The van der Waals surface area contributed by atoms with Crippen LogP contribution in [0.25, 0.3) is 11.1 Å². The number of hydrogen-bond donors (Lipinski definition) is 1. The molecule has 3 rings (SSSR count). The lowest BCUT2D eigenvalue weighted by molar-refractivity contribution is -0.137. The first-order valence-electron chi connectivity index (χ1n) is 8.43. The van der Waals surface area contributed by atoms with Gasteiger partial charge in [-0.15, -0.1) is 0 Å². The molecule has 0 aliphatic carbocycles. The molecule has 0 saturated carbocycles. The zero-order chi connectivity index (χ0) is 20.7. The smallest absolute Gasteiger partial charge is 0.416 e. The van der Waals surface area contributed by atoms with Gasteiger partial charge in [0.15, 0.2) is 5.58 Å². The molecule has 0 fully saturated rings. The van der Waals surface area contributed by atoms with Crippen molar-refractivity contribution in [1.29, 1.82) is 0 Å². The van der Waals surface area contributed by atoms with E-state index in [9.17, 15) is 18.0 Å². The van der Waals surface area contributed by atoms with Crippen LogP contribution in [0.1, 0.15) is 5.56 Å². The second-order valence-electron chi connectivity index (χ2n) is 5.68. The third-order valence-electron chi connectivity index (χ3n) is 3.57. The van der Waals surface area contributed by atoms with E-state index in [-0.39, 0.29) is 30.6 Å². The number of benzene rings is 2. The first-order valence-corrected chi connectivity index (χ1v) is 9.41. The van der Waals surface area contributed by atoms with Crippen LogP contribution in [0.4, 0.5) is 13.2 Å². The average molecular weight is 420 g/mol. The predicted octanol–water partition coefficient (Wildman–Crippen LogP) is 4.14. The van der Waals surface area contributed by atoms with Gasteiger partial charge in [-0.1, -0.05) is 41.8 Å². The number of carbonyl (C=O) groups excluding carboxylic acids is 1. The fourth-order valence-corrected chi connectivity index (χ4v) is 2.90. The predicted molar refractivity (Wildman–Crippen MR) is 102 cm³/mol. The van der Waals surface area contributed by atoms with E-state index in [2.05, 4.69) is 22.1 Å². The van der Waals surface area contributed by atoms with Crippen LogP contribution in [-0.4, -0.2) is 29.8 Å². The van der Waals surface area contributed by atoms with Gasteiger partial charge in [-0.3, -0.25) is 4.79 Å². The molecular formula is C20H15F3N2O3S. The van der Waals surface area contributed by atoms with Gasteiger partial charge in [-0.05, 0) is 30.3 Å². The number of nitrogens with zero attached hydrogens (tertiary/aromatic N) is 1. The molecule has 0 aliphatic heterocycles. The van der Waals surface area contributed by atoms with E-state index in [1.807, 2.05) is 18.2 Å². The highest BCUT2D eigenvalue weighted by Gasteiger charge is 2.30. The molecule has 1 N–H and O–H groups in total. The summed E-state index contributed by atoms with van der Waals surface area (Å²) < 4.78 is 48.5. The minimum absolute atomic E-state index is 0.0768. The molecule has 2 aromatic carbocycles. The molecule has 0 bridgehead atoms. The van der Waals surface area contributed by atoms with Gasteiger partial charge >= 0.3 is 6.18 Å². The Balaban J connectivity index is 1.37. The van der Waals surface area contributed by atoms with E-state index in [0.29, 0.717) is 10.8 Å². The molecule has 0 aliphatic rings. The number of fused-ring (bicyclic) bond motifs is 1. The van der Waals surface area contributed by atoms with E-state index in [0.717, 1.165) is 17.6 Å². The Hall–Kier alpha value is -3.12. The molecule has 1 heterocycles. The molecule has 0 atom stereocenters. The summed E-state index contributed by atoms with van der Waals surface area (Å²) in [6, 6.07) is 11.9. The Bertz CT molecular complexity index is 1020. The SMILES string of the molecule is O=C(CSc1nc2ccccc2o1)NCC#CCOc1cccc(C(F)(F)F)c1. The number of rotatable bonds is 6. The summed E-state index contributed by atoms with van der Waals surface area (Å²) in [6.07, 6.45) is -4.43. The summed E-state index contributed by atoms with van der Waals surface area (Å²) >= 11 is 1.17. The highest BCUT2D eigenvalue weighted by molar-refractivity contribution is 7.99. The fraction of sp³-hybridized carbons (Fsp3) is 0.200. The Kier molecular flexibility index (Phi) is 6.67. The fourth-order valence-electron chi connectivity index (χ4n) is 2.23. The normalized spacial score (nSPS) is 11.0. The van der Waals surface area contributed by atoms with Gasteiger partial charge < -0.3 is 14.5 Å². The number of carbonyl (C=O) groups is 1. The zero-order valence-corrected chi connectivity index (χ0v) is 15.8. The summed E-state index contributed by atoms with van der Waals surface area (Å²) in [4.78, 5) is 16.1. The number of ether oxygens (including phenoxy) is 1. The summed E-state index contributed by atoms with van der Waals surface area (Å²) in [6.45, 7) is 0.00768. The highest BCUT2D eigenvalue weighted by atomic mass is 32.2. The number of thioether (sulfide) groups is 1. The summed E-state index contributed by atoms with van der Waals surface area (Å²) in [7, 11) is 0. The Morgan fingerprint density at radius 2 is 2.00 bits per heavy atom. The largest absolute Gasteiger partial charge is 0.481 e. The molecule has 1 aromatic heterocycles. The molecule has 0 spiro atoms. The number of nitrogens with one attached hydrogen (secondary N) is 1. The second-order valence-corrected chi connectivity index (χ2v) is 6.61. The van der Waals surface area contributed by atoms with Crippen molar-refractivity contribution in [3.63, 3.8) is 0 Å². The number of halogens is 3. The van der Waals surface area contributed by atoms with Gasteiger partial charge in [0.1, 0.15) is 17.9 Å². The molecule has 0 radical (unpaired) electrons. The molecule has 9 heteroatoms. The number of amides is 1. The van der Waals surface area contributed by atoms with Crippen LogP contribution in [0.15, 0.2) is 58.2 Å². The minimum Gasteiger partial charge on any atom is -0.481 e. The second kappa shape index (κ2) is 9.39. The maximum atomic E-state index is 12.6. The zero-order valence-electron chi connectivity index (χ0n) is 15.0. The topological polar surface area (TPSA) is 64.4 Å². The Morgan fingerprint density at radius 1 is 1.17 bits per heavy atom. The van der Waals surface area contributed by atoms with Gasteiger partial charge in [-0.25, -0.2) is 4.98 Å². The summed E-state index contributed by atoms with van der Waals surface area (Å²) in [5.74, 6) is 5.26. The monoisotopic (exact) mass is 420 g/mol. The molecule has 1 amide bonds. The van der Waals surface area contributed by atoms with Crippen molar-refractivity contribution in [2.45, 2.75) is 11.4 Å². The van der Waals surface area contributed by atoms with Gasteiger partial charge in [0.05, 0.1) is 17.9 Å². The highest BCUT2D eigenvalue weighted by Crippen LogP contribution is 2.31. The lowest BCUT2D eigenvalue weighted by Gasteiger charge is -2.08. The van der Waals surface area contributed by atoms with Crippen molar-refractivity contribution in [3.05, 3.63) is 54.1 Å². The van der Waals surface area contributed by atoms with E-state index < -0.39 is 11.7 Å². The van der Waals surface area contributed by atoms with Crippen LogP contribution in [0.5, 0.6) is 5.75 Å². The molecule has 0 saturated heterocycles. The van der Waals surface area contributed by atoms with Gasteiger partial charge in [0.25, 0.3) is 5.22 Å². The quantitative estimate of drug-likeness (QED) is 0.480. The van der Waals surface area contributed by atoms with Crippen LogP contribution in [-0.2, 0) is 11.0 Å². The van der Waals surface area contributed by atoms with Crippen molar-refractivity contribution in [2.75, 3.05) is 18.9 Å². The molecule has 5 nitrogen and oxygen atoms in total. The number of oxazole rings is 1. The number of para-hydroxylation sites is 2. The van der Waals surface area contributed by atoms with Gasteiger partial charge in [-0.2, -0.15) is 13.2 Å². The van der Waals surface area contributed by atoms with Crippen LogP contribution >= 0.6 is 11.8 Å². The van der Waals surface area contributed by atoms with E-state index in [1.165, 1.54) is 23.9 Å². The van der Waals surface area contributed by atoms with Gasteiger partial charge in [0.2, 0.25) is 5.91 Å². The van der Waals surface area contributed by atoms with E-state index in [4.69, 9.17) is 9.15 Å². The average Bonchev–Trinajstić information content (AvgIpc) is 3.11. The lowest BCUT2D eigenvalue weighted by Crippen LogP contribution is -2.25. The molecule has 29 heavy (non-hydrogen) atoms. The summed E-state index contributed by atoms with van der Waals surface area (Å²) in [5.41, 5.74) is 0.593. The van der Waals surface area contributed by atoms with E-state index in [1.54, 1.807) is 6.07 Å². The molecular weight excluding hydrogens is 405 g/mol. The van der Waals surface area contributed by atoms with Gasteiger partial charge in [0, 0.05) is 0 Å². The number of hydrogen-bond acceptors (Lipinski definition) is 5. The van der Waals surface area contributed by atoms with Crippen LogP contribution in [0.3, 0.4) is 0 Å².